The van der Waals surface area contributed by atoms with E-state index in [1.54, 1.807) is 24.3 Å². The summed E-state index contributed by atoms with van der Waals surface area (Å²) < 4.78 is 74.9. The summed E-state index contributed by atoms with van der Waals surface area (Å²) in [5.41, 5.74) is -0.0102. The van der Waals surface area contributed by atoms with E-state index >= 15 is 0 Å². The molecular weight excluding hydrogens is 579 g/mol. The molecule has 0 unspecified atom stereocenters. The SMILES string of the molecule is COc1cccc(Nc2ncc(-c3cnc(OC)c(C(=O)NCCS(C)(=O)=O)c3)c(-n3nc(C(F)(F)F)cc3C)n2)c1. The Morgan fingerprint density at radius 1 is 1.07 bits per heavy atom. The summed E-state index contributed by atoms with van der Waals surface area (Å²) in [4.78, 5) is 25.9. The Morgan fingerprint density at radius 2 is 1.83 bits per heavy atom. The van der Waals surface area contributed by atoms with E-state index in [1.165, 1.54) is 39.6 Å². The van der Waals surface area contributed by atoms with Gasteiger partial charge >= 0.3 is 6.18 Å². The van der Waals surface area contributed by atoms with Crippen molar-refractivity contribution in [1.82, 2.24) is 30.0 Å². The van der Waals surface area contributed by atoms with Crippen LogP contribution in [0.1, 0.15) is 21.7 Å². The quantitative estimate of drug-likeness (QED) is 0.275. The lowest BCUT2D eigenvalue weighted by Gasteiger charge is -2.15. The van der Waals surface area contributed by atoms with Crippen molar-refractivity contribution >= 4 is 27.4 Å². The van der Waals surface area contributed by atoms with Gasteiger partial charge in [0.25, 0.3) is 5.91 Å². The highest BCUT2D eigenvalue weighted by Crippen LogP contribution is 2.33. The zero-order valence-corrected chi connectivity index (χ0v) is 23.7. The topological polar surface area (TPSA) is 150 Å². The number of nitrogens with zero attached hydrogens (tertiary/aromatic N) is 5. The Bertz CT molecular complexity index is 1730. The van der Waals surface area contributed by atoms with Gasteiger partial charge in [0, 0.05) is 53.8 Å². The monoisotopic (exact) mass is 605 g/mol. The summed E-state index contributed by atoms with van der Waals surface area (Å²) in [7, 11) is -0.525. The number of sulfone groups is 1. The number of anilines is 2. The largest absolute Gasteiger partial charge is 0.497 e. The fourth-order valence-electron chi connectivity index (χ4n) is 3.83. The first-order valence-corrected chi connectivity index (χ1v) is 14.3. The van der Waals surface area contributed by atoms with E-state index in [-0.39, 0.29) is 52.3 Å². The van der Waals surface area contributed by atoms with Crippen LogP contribution in [-0.4, -0.2) is 71.8 Å². The van der Waals surface area contributed by atoms with Gasteiger partial charge in [-0.25, -0.2) is 23.1 Å². The smallest absolute Gasteiger partial charge is 0.435 e. The molecule has 1 aromatic carbocycles. The van der Waals surface area contributed by atoms with Gasteiger partial charge in [-0.05, 0) is 31.2 Å². The van der Waals surface area contributed by atoms with Crippen molar-refractivity contribution in [2.75, 3.05) is 38.1 Å². The Kier molecular flexibility index (Phi) is 8.65. The van der Waals surface area contributed by atoms with Crippen LogP contribution in [-0.2, 0) is 16.0 Å². The molecule has 42 heavy (non-hydrogen) atoms. The third-order valence-corrected chi connectivity index (χ3v) is 6.78. The predicted octanol–water partition coefficient (Wildman–Crippen LogP) is 3.59. The second-order valence-corrected chi connectivity index (χ2v) is 11.3. The molecule has 2 N–H and O–H groups in total. The number of halogens is 3. The van der Waals surface area contributed by atoms with E-state index in [4.69, 9.17) is 9.47 Å². The number of ether oxygens (including phenoxy) is 2. The molecule has 12 nitrogen and oxygen atoms in total. The lowest BCUT2D eigenvalue weighted by atomic mass is 10.1. The molecule has 0 bridgehead atoms. The molecule has 4 aromatic rings. The van der Waals surface area contributed by atoms with Crippen molar-refractivity contribution in [3.8, 4) is 28.6 Å². The molecular formula is C26H26F3N7O5S. The van der Waals surface area contributed by atoms with Gasteiger partial charge in [-0.2, -0.15) is 23.3 Å². The molecule has 0 radical (unpaired) electrons. The maximum Gasteiger partial charge on any atom is 0.435 e. The van der Waals surface area contributed by atoms with Gasteiger partial charge < -0.3 is 20.1 Å². The molecule has 0 spiro atoms. The van der Waals surface area contributed by atoms with Crippen LogP contribution < -0.4 is 20.1 Å². The van der Waals surface area contributed by atoms with E-state index < -0.39 is 27.6 Å². The zero-order chi connectivity index (χ0) is 30.7. The average molecular weight is 606 g/mol. The van der Waals surface area contributed by atoms with E-state index in [0.29, 0.717) is 11.4 Å². The van der Waals surface area contributed by atoms with Crippen molar-refractivity contribution in [2.45, 2.75) is 13.1 Å². The number of nitrogens with one attached hydrogen (secondary N) is 2. The molecule has 1 amide bonds. The number of rotatable bonds is 10. The summed E-state index contributed by atoms with van der Waals surface area (Å²) in [6, 6.07) is 9.14. The number of amides is 1. The van der Waals surface area contributed by atoms with E-state index in [0.717, 1.165) is 17.0 Å². The zero-order valence-electron chi connectivity index (χ0n) is 22.9. The van der Waals surface area contributed by atoms with Crippen LogP contribution in [0.2, 0.25) is 0 Å². The van der Waals surface area contributed by atoms with Crippen molar-refractivity contribution in [2.24, 2.45) is 0 Å². The van der Waals surface area contributed by atoms with Crippen LogP contribution in [0.4, 0.5) is 24.8 Å². The number of alkyl halides is 3. The van der Waals surface area contributed by atoms with E-state index in [9.17, 15) is 26.4 Å². The van der Waals surface area contributed by atoms with Gasteiger partial charge in [0.2, 0.25) is 11.8 Å². The van der Waals surface area contributed by atoms with Crippen LogP contribution in [0.25, 0.3) is 16.9 Å². The van der Waals surface area contributed by atoms with Gasteiger partial charge in [-0.15, -0.1) is 0 Å². The molecule has 0 saturated carbocycles. The van der Waals surface area contributed by atoms with Crippen LogP contribution in [0.3, 0.4) is 0 Å². The minimum atomic E-state index is -4.70. The molecule has 0 aliphatic rings. The van der Waals surface area contributed by atoms with Gasteiger partial charge in [-0.1, -0.05) is 6.07 Å². The second-order valence-electron chi connectivity index (χ2n) is 9.03. The fourth-order valence-corrected chi connectivity index (χ4v) is 4.30. The van der Waals surface area contributed by atoms with Gasteiger partial charge in [0.1, 0.15) is 21.2 Å². The number of aryl methyl sites for hydroxylation is 1. The lowest BCUT2D eigenvalue weighted by Crippen LogP contribution is -2.29. The minimum absolute atomic E-state index is 0.0289. The standard InChI is InChI=1S/C26H26F3N7O5S/c1-15-10-21(26(27,28)29)35-36(15)22-20(14-32-25(34-22)33-17-6-5-7-18(12-17)40-2)16-11-19(24(41-3)31-13-16)23(37)30-8-9-42(4,38)39/h5-7,10-14H,8-9H2,1-4H3,(H,30,37)(H,32,33,34). The molecule has 222 valence electrons. The molecule has 0 saturated heterocycles. The highest BCUT2D eigenvalue weighted by Gasteiger charge is 2.35. The Morgan fingerprint density at radius 3 is 2.48 bits per heavy atom. The molecule has 4 rings (SSSR count). The summed E-state index contributed by atoms with van der Waals surface area (Å²) in [6.45, 7) is 1.28. The molecule has 0 aliphatic heterocycles. The van der Waals surface area contributed by atoms with Crippen molar-refractivity contribution in [3.63, 3.8) is 0 Å². The molecule has 3 aromatic heterocycles. The highest BCUT2D eigenvalue weighted by atomic mass is 32.2. The van der Waals surface area contributed by atoms with Gasteiger partial charge in [0.15, 0.2) is 11.5 Å². The number of pyridine rings is 1. The van der Waals surface area contributed by atoms with Crippen molar-refractivity contribution in [1.29, 1.82) is 0 Å². The van der Waals surface area contributed by atoms with E-state index in [2.05, 4.69) is 30.7 Å². The van der Waals surface area contributed by atoms with Crippen LogP contribution in [0.15, 0.2) is 48.8 Å². The third-order valence-electron chi connectivity index (χ3n) is 5.83. The summed E-state index contributed by atoms with van der Waals surface area (Å²) >= 11 is 0. The van der Waals surface area contributed by atoms with Crippen LogP contribution in [0, 0.1) is 6.92 Å². The first-order chi connectivity index (χ1) is 19.8. The number of hydrogen-bond acceptors (Lipinski definition) is 10. The number of carbonyl (C=O) groups excluding carboxylic acids is 1. The first kappa shape index (κ1) is 30.2. The maximum absolute atomic E-state index is 13.5. The molecule has 0 fully saturated rings. The Balaban J connectivity index is 1.81. The van der Waals surface area contributed by atoms with Crippen molar-refractivity contribution < 1.29 is 35.9 Å². The maximum atomic E-state index is 13.5. The minimum Gasteiger partial charge on any atom is -0.497 e. The first-order valence-electron chi connectivity index (χ1n) is 12.2. The van der Waals surface area contributed by atoms with Crippen LogP contribution in [0.5, 0.6) is 11.6 Å². The Labute approximate surface area is 238 Å². The van der Waals surface area contributed by atoms with Gasteiger partial charge in [-0.3, -0.25) is 4.79 Å². The Hall–Kier alpha value is -4.73. The lowest BCUT2D eigenvalue weighted by molar-refractivity contribution is -0.141. The average Bonchev–Trinajstić information content (AvgIpc) is 3.34. The number of aromatic nitrogens is 5. The van der Waals surface area contributed by atoms with Gasteiger partial charge in [0.05, 0.1) is 20.0 Å². The molecule has 3 heterocycles. The van der Waals surface area contributed by atoms with Crippen LogP contribution >= 0.6 is 0 Å². The second kappa shape index (κ2) is 12.0. The summed E-state index contributed by atoms with van der Waals surface area (Å²) in [6.07, 6.45) is -0.970. The predicted molar refractivity (Wildman–Crippen MR) is 147 cm³/mol. The van der Waals surface area contributed by atoms with Crippen molar-refractivity contribution in [3.05, 3.63) is 65.7 Å². The number of hydrogen-bond donors (Lipinski definition) is 2. The third kappa shape index (κ3) is 7.12. The number of methoxy groups -OCH3 is 2. The number of carbonyl (C=O) groups is 1. The number of benzene rings is 1. The molecule has 16 heteroatoms. The highest BCUT2D eigenvalue weighted by molar-refractivity contribution is 7.90. The fraction of sp³-hybridized carbons (Fsp3) is 0.269. The molecule has 0 atom stereocenters. The van der Waals surface area contributed by atoms with E-state index in [1.807, 2.05) is 0 Å². The molecule has 0 aliphatic carbocycles. The normalized spacial score (nSPS) is 11.7. The summed E-state index contributed by atoms with van der Waals surface area (Å²) in [5, 5.41) is 9.23. The summed E-state index contributed by atoms with van der Waals surface area (Å²) in [5.74, 6) is -0.429.